The topological polar surface area (TPSA) is 26.3 Å². The third-order valence-corrected chi connectivity index (χ3v) is 2.68. The van der Waals surface area contributed by atoms with Gasteiger partial charge in [0.05, 0.1) is 6.08 Å². The van der Waals surface area contributed by atoms with Gasteiger partial charge in [-0.05, 0) is 5.19 Å². The summed E-state index contributed by atoms with van der Waals surface area (Å²) in [5, 5.41) is 1.10. The summed E-state index contributed by atoms with van der Waals surface area (Å²) < 4.78 is 5.01. The second kappa shape index (κ2) is 5.14. The summed E-state index contributed by atoms with van der Waals surface area (Å²) in [5.74, 6) is -0.356. The van der Waals surface area contributed by atoms with Gasteiger partial charge in [-0.15, -0.1) is 5.73 Å². The van der Waals surface area contributed by atoms with Crippen molar-refractivity contribution in [2.75, 3.05) is 0 Å². The highest BCUT2D eigenvalue weighted by Crippen LogP contribution is 1.83. The van der Waals surface area contributed by atoms with E-state index >= 15 is 0 Å². The maximum Gasteiger partial charge on any atom is 0.325 e. The molecule has 0 radical (unpaired) electrons. The van der Waals surface area contributed by atoms with Gasteiger partial charge in [0.2, 0.25) is 0 Å². The molecule has 0 bridgehead atoms. The van der Waals surface area contributed by atoms with E-state index in [4.69, 9.17) is 4.43 Å². The molecule has 0 aliphatic carbocycles. The molecule has 0 heterocycles. The third-order valence-electron chi connectivity index (χ3n) is 1.44. The summed E-state index contributed by atoms with van der Waals surface area (Å²) in [4.78, 5) is 10.9. The van der Waals surface area contributed by atoms with Gasteiger partial charge in [-0.25, -0.2) is 4.79 Å². The molecule has 1 rings (SSSR count). The van der Waals surface area contributed by atoms with Crippen molar-refractivity contribution < 1.29 is 9.22 Å². The average molecular weight is 190 g/mol. The molecule has 0 fully saturated rings. The molecule has 0 aliphatic rings. The van der Waals surface area contributed by atoms with Gasteiger partial charge in [-0.1, -0.05) is 36.9 Å². The Hall–Kier alpha value is -1.57. The summed E-state index contributed by atoms with van der Waals surface area (Å²) in [7, 11) is -0.928. The molecule has 66 valence electrons. The van der Waals surface area contributed by atoms with E-state index in [1.54, 1.807) is 0 Å². The molecule has 0 aromatic heterocycles. The molecule has 3 heteroatoms. The van der Waals surface area contributed by atoms with Crippen LogP contribution in [-0.2, 0) is 9.22 Å². The van der Waals surface area contributed by atoms with Gasteiger partial charge in [0.25, 0.3) is 9.76 Å². The number of hydrogen-bond donors (Lipinski definition) is 0. The minimum Gasteiger partial charge on any atom is -0.517 e. The lowest BCUT2D eigenvalue weighted by molar-refractivity contribution is -0.128. The van der Waals surface area contributed by atoms with E-state index in [2.05, 4.69) is 12.3 Å². The van der Waals surface area contributed by atoms with Crippen LogP contribution in [0.5, 0.6) is 0 Å². The minimum absolute atomic E-state index is 0.356. The van der Waals surface area contributed by atoms with Crippen molar-refractivity contribution in [3.05, 3.63) is 48.7 Å². The zero-order valence-corrected chi connectivity index (χ0v) is 8.61. The van der Waals surface area contributed by atoms with Crippen LogP contribution in [-0.4, -0.2) is 15.7 Å². The standard InChI is InChI=1S/C10H10O2Si/c1-2-6-10(11)12-13-9-7-4-3-5-8-9/h3-8H,1,13H2. The Kier molecular flexibility index (Phi) is 3.76. The molecule has 1 aromatic carbocycles. The summed E-state index contributed by atoms with van der Waals surface area (Å²) in [6, 6.07) is 9.70. The molecule has 0 N–H and O–H groups in total. The van der Waals surface area contributed by atoms with Crippen molar-refractivity contribution in [3.8, 4) is 0 Å². The Balaban J connectivity index is 2.44. The molecule has 0 saturated carbocycles. The zero-order chi connectivity index (χ0) is 9.52. The molecule has 1 aromatic rings. The van der Waals surface area contributed by atoms with Gasteiger partial charge in [0.15, 0.2) is 0 Å². The molecular formula is C10H10O2Si. The second-order valence-corrected chi connectivity index (χ2v) is 3.84. The Morgan fingerprint density at radius 3 is 2.77 bits per heavy atom. The smallest absolute Gasteiger partial charge is 0.325 e. The molecule has 0 unspecified atom stereocenters. The van der Waals surface area contributed by atoms with Crippen LogP contribution in [0.1, 0.15) is 0 Å². The highest BCUT2D eigenvalue weighted by atomic mass is 28.2. The SMILES string of the molecule is C=C=CC(=O)O[SiH2]c1ccccc1. The first-order chi connectivity index (χ1) is 6.33. The predicted molar refractivity (Wildman–Crippen MR) is 54.4 cm³/mol. The maximum absolute atomic E-state index is 10.9. The van der Waals surface area contributed by atoms with Gasteiger partial charge in [0, 0.05) is 0 Å². The highest BCUT2D eigenvalue weighted by molar-refractivity contribution is 6.49. The molecule has 0 amide bonds. The van der Waals surface area contributed by atoms with Crippen LogP contribution in [0.15, 0.2) is 48.7 Å². The van der Waals surface area contributed by atoms with Crippen LogP contribution in [0.4, 0.5) is 0 Å². The van der Waals surface area contributed by atoms with Gasteiger partial charge in [-0.3, -0.25) is 0 Å². The minimum atomic E-state index is -0.928. The molecule has 2 nitrogen and oxygen atoms in total. The largest absolute Gasteiger partial charge is 0.517 e. The number of rotatable bonds is 3. The first kappa shape index (κ1) is 9.51. The van der Waals surface area contributed by atoms with Crippen LogP contribution in [0, 0.1) is 0 Å². The van der Waals surface area contributed by atoms with Gasteiger partial charge in [0.1, 0.15) is 0 Å². The van der Waals surface area contributed by atoms with Crippen molar-refractivity contribution in [1.29, 1.82) is 0 Å². The lowest BCUT2D eigenvalue weighted by atomic mass is 10.4. The van der Waals surface area contributed by atoms with Crippen molar-refractivity contribution in [1.82, 2.24) is 0 Å². The van der Waals surface area contributed by atoms with E-state index in [9.17, 15) is 4.79 Å². The molecule has 0 aliphatic heterocycles. The number of hydrogen-bond acceptors (Lipinski definition) is 2. The molecule has 0 saturated heterocycles. The highest BCUT2D eigenvalue weighted by Gasteiger charge is 1.97. The first-order valence-corrected chi connectivity index (χ1v) is 5.18. The average Bonchev–Trinajstić information content (AvgIpc) is 2.17. The fraction of sp³-hybridized carbons (Fsp3) is 0. The summed E-state index contributed by atoms with van der Waals surface area (Å²) in [6.45, 7) is 3.29. The number of carbonyl (C=O) groups excluding carboxylic acids is 1. The van der Waals surface area contributed by atoms with Crippen molar-refractivity contribution in [3.63, 3.8) is 0 Å². The van der Waals surface area contributed by atoms with E-state index in [0.29, 0.717) is 0 Å². The van der Waals surface area contributed by atoms with Crippen LogP contribution in [0.25, 0.3) is 0 Å². The normalized spacial score (nSPS) is 9.54. The molecule has 0 spiro atoms. The lowest BCUT2D eigenvalue weighted by Gasteiger charge is -1.99. The molecule has 13 heavy (non-hydrogen) atoms. The fourth-order valence-corrected chi connectivity index (χ4v) is 1.71. The predicted octanol–water partition coefficient (Wildman–Crippen LogP) is 0.280. The van der Waals surface area contributed by atoms with E-state index < -0.39 is 9.76 Å². The van der Waals surface area contributed by atoms with E-state index in [1.165, 1.54) is 6.08 Å². The second-order valence-electron chi connectivity index (χ2n) is 2.44. The Morgan fingerprint density at radius 2 is 2.15 bits per heavy atom. The van der Waals surface area contributed by atoms with Crippen LogP contribution >= 0.6 is 0 Å². The third kappa shape index (κ3) is 3.56. The zero-order valence-electron chi connectivity index (χ0n) is 7.19. The Bertz CT molecular complexity index is 326. The number of benzene rings is 1. The van der Waals surface area contributed by atoms with E-state index in [-0.39, 0.29) is 5.97 Å². The monoisotopic (exact) mass is 190 g/mol. The molecular weight excluding hydrogens is 180 g/mol. The van der Waals surface area contributed by atoms with Crippen molar-refractivity contribution >= 4 is 20.9 Å². The Morgan fingerprint density at radius 1 is 1.46 bits per heavy atom. The first-order valence-electron chi connectivity index (χ1n) is 3.89. The van der Waals surface area contributed by atoms with Gasteiger partial charge < -0.3 is 4.43 Å². The summed E-state index contributed by atoms with van der Waals surface area (Å²) >= 11 is 0. The lowest BCUT2D eigenvalue weighted by Crippen LogP contribution is -2.19. The Labute approximate surface area is 79.5 Å². The van der Waals surface area contributed by atoms with Crippen LogP contribution in [0.2, 0.25) is 0 Å². The van der Waals surface area contributed by atoms with Crippen LogP contribution in [0.3, 0.4) is 0 Å². The quantitative estimate of drug-likeness (QED) is 0.389. The van der Waals surface area contributed by atoms with Gasteiger partial charge in [-0.2, -0.15) is 0 Å². The van der Waals surface area contributed by atoms with E-state index in [0.717, 1.165) is 5.19 Å². The molecule has 0 atom stereocenters. The summed E-state index contributed by atoms with van der Waals surface area (Å²) in [5.41, 5.74) is 2.38. The summed E-state index contributed by atoms with van der Waals surface area (Å²) in [6.07, 6.45) is 1.20. The van der Waals surface area contributed by atoms with Crippen molar-refractivity contribution in [2.45, 2.75) is 0 Å². The van der Waals surface area contributed by atoms with Crippen LogP contribution < -0.4 is 5.19 Å². The number of carbonyl (C=O) groups is 1. The van der Waals surface area contributed by atoms with E-state index in [1.807, 2.05) is 30.3 Å². The van der Waals surface area contributed by atoms with Crippen molar-refractivity contribution in [2.24, 2.45) is 0 Å². The maximum atomic E-state index is 10.9. The fourth-order valence-electron chi connectivity index (χ4n) is 0.854. The van der Waals surface area contributed by atoms with Gasteiger partial charge >= 0.3 is 5.97 Å².